The summed E-state index contributed by atoms with van der Waals surface area (Å²) in [5, 5.41) is 0. The molecule has 3 rings (SSSR count). The van der Waals surface area contributed by atoms with Crippen molar-refractivity contribution in [2.75, 3.05) is 13.3 Å². The van der Waals surface area contributed by atoms with E-state index in [2.05, 4.69) is 39.0 Å². The van der Waals surface area contributed by atoms with Gasteiger partial charge < -0.3 is 9.64 Å². The zero-order chi connectivity index (χ0) is 15.7. The molecule has 0 radical (unpaired) electrons. The third-order valence-corrected chi connectivity index (χ3v) is 4.84. The van der Waals surface area contributed by atoms with Crippen LogP contribution >= 0.6 is 0 Å². The molecule has 1 fully saturated rings. The average Bonchev–Trinajstić information content (AvgIpc) is 2.97. The number of aryl methyl sites for hydroxylation is 2. The largest absolute Gasteiger partial charge is 0.359 e. The minimum absolute atomic E-state index is 0.0994. The molecular formula is C19H25NO2. The first-order valence-electron chi connectivity index (χ1n) is 8.25. The quantitative estimate of drug-likeness (QED) is 0.782. The van der Waals surface area contributed by atoms with Gasteiger partial charge in [0.2, 0.25) is 5.91 Å². The maximum atomic E-state index is 12.7. The predicted octanol–water partition coefficient (Wildman–Crippen LogP) is 3.56. The molecule has 118 valence electrons. The smallest absolute Gasteiger partial charge is 0.249 e. The van der Waals surface area contributed by atoms with E-state index in [1.165, 1.54) is 22.3 Å². The van der Waals surface area contributed by atoms with E-state index in [1.54, 1.807) is 0 Å². The maximum absolute atomic E-state index is 12.7. The van der Waals surface area contributed by atoms with Crippen molar-refractivity contribution in [2.45, 2.75) is 46.1 Å². The first-order valence-corrected chi connectivity index (χ1v) is 8.25. The van der Waals surface area contributed by atoms with Crippen LogP contribution in [0.1, 0.15) is 43.4 Å². The summed E-state index contributed by atoms with van der Waals surface area (Å²) >= 11 is 0. The van der Waals surface area contributed by atoms with Gasteiger partial charge >= 0.3 is 0 Å². The molecule has 1 heterocycles. The van der Waals surface area contributed by atoms with E-state index in [1.807, 2.05) is 11.0 Å². The SMILES string of the molecule is Cc1cccc2c1/C(=C/C(=O)N1COC[C@@H]1C(C)C)CCC2. The summed E-state index contributed by atoms with van der Waals surface area (Å²) < 4.78 is 5.51. The van der Waals surface area contributed by atoms with Crippen molar-refractivity contribution in [3.63, 3.8) is 0 Å². The van der Waals surface area contributed by atoms with E-state index in [4.69, 9.17) is 4.74 Å². The highest BCUT2D eigenvalue weighted by molar-refractivity contribution is 5.96. The Morgan fingerprint density at radius 3 is 2.95 bits per heavy atom. The first-order chi connectivity index (χ1) is 10.6. The zero-order valence-corrected chi connectivity index (χ0v) is 13.8. The monoisotopic (exact) mass is 299 g/mol. The lowest BCUT2D eigenvalue weighted by Gasteiger charge is -2.26. The fraction of sp³-hybridized carbons (Fsp3) is 0.526. The Morgan fingerprint density at radius 1 is 1.36 bits per heavy atom. The molecule has 1 aliphatic heterocycles. The molecule has 0 aromatic heterocycles. The zero-order valence-electron chi connectivity index (χ0n) is 13.8. The van der Waals surface area contributed by atoms with Crippen LogP contribution in [-0.2, 0) is 16.0 Å². The summed E-state index contributed by atoms with van der Waals surface area (Å²) in [4.78, 5) is 14.6. The third-order valence-electron chi connectivity index (χ3n) is 4.84. The van der Waals surface area contributed by atoms with Crippen LogP contribution in [0, 0.1) is 12.8 Å². The summed E-state index contributed by atoms with van der Waals surface area (Å²) in [7, 11) is 0. The number of carbonyl (C=O) groups excluding carboxylic acids is 1. The van der Waals surface area contributed by atoms with Gasteiger partial charge in [0, 0.05) is 6.08 Å². The lowest BCUT2D eigenvalue weighted by Crippen LogP contribution is -2.39. The number of benzene rings is 1. The standard InChI is InChI=1S/C19H25NO2/c1-13(2)17-11-22-12-20(17)18(21)10-16-9-5-8-15-7-4-6-14(3)19(15)16/h4,6-7,10,13,17H,5,8-9,11-12H2,1-3H3/b16-10+/t17-/m1/s1. The fourth-order valence-electron chi connectivity index (χ4n) is 3.60. The highest BCUT2D eigenvalue weighted by Crippen LogP contribution is 2.33. The predicted molar refractivity (Wildman–Crippen MR) is 88.4 cm³/mol. The molecule has 1 aromatic rings. The number of ether oxygens (including phenoxy) is 1. The van der Waals surface area contributed by atoms with Crippen molar-refractivity contribution < 1.29 is 9.53 Å². The van der Waals surface area contributed by atoms with E-state index >= 15 is 0 Å². The molecule has 1 amide bonds. The van der Waals surface area contributed by atoms with Crippen LogP contribution in [0.2, 0.25) is 0 Å². The molecule has 0 saturated carbocycles. The Hall–Kier alpha value is -1.61. The summed E-state index contributed by atoms with van der Waals surface area (Å²) in [6, 6.07) is 6.64. The normalized spacial score (nSPS) is 23.2. The van der Waals surface area contributed by atoms with Crippen molar-refractivity contribution in [1.82, 2.24) is 4.90 Å². The molecule has 3 nitrogen and oxygen atoms in total. The topological polar surface area (TPSA) is 29.5 Å². The number of amides is 1. The fourth-order valence-corrected chi connectivity index (χ4v) is 3.60. The molecule has 0 N–H and O–H groups in total. The number of fused-ring (bicyclic) bond motifs is 1. The molecule has 22 heavy (non-hydrogen) atoms. The molecule has 3 heteroatoms. The molecule has 1 aliphatic carbocycles. The number of hydrogen-bond acceptors (Lipinski definition) is 2. The summed E-state index contributed by atoms with van der Waals surface area (Å²) in [6.07, 6.45) is 5.09. The average molecular weight is 299 g/mol. The van der Waals surface area contributed by atoms with Crippen molar-refractivity contribution >= 4 is 11.5 Å². The van der Waals surface area contributed by atoms with Crippen LogP contribution in [0.15, 0.2) is 24.3 Å². The molecule has 1 aromatic carbocycles. The highest BCUT2D eigenvalue weighted by atomic mass is 16.5. The van der Waals surface area contributed by atoms with Crippen LogP contribution in [0.25, 0.3) is 5.57 Å². The van der Waals surface area contributed by atoms with Crippen molar-refractivity contribution in [2.24, 2.45) is 5.92 Å². The second-order valence-corrected chi connectivity index (χ2v) is 6.75. The summed E-state index contributed by atoms with van der Waals surface area (Å²) in [5.41, 5.74) is 5.14. The van der Waals surface area contributed by atoms with Crippen molar-refractivity contribution in [3.05, 3.63) is 41.0 Å². The van der Waals surface area contributed by atoms with E-state index in [0.29, 0.717) is 19.3 Å². The van der Waals surface area contributed by atoms with Gasteiger partial charge in [-0.2, -0.15) is 0 Å². The van der Waals surface area contributed by atoms with Gasteiger partial charge in [0.05, 0.1) is 12.6 Å². The van der Waals surface area contributed by atoms with E-state index in [-0.39, 0.29) is 11.9 Å². The van der Waals surface area contributed by atoms with Gasteiger partial charge in [0.25, 0.3) is 0 Å². The summed E-state index contributed by atoms with van der Waals surface area (Å²) in [6.45, 7) is 7.51. The van der Waals surface area contributed by atoms with Crippen LogP contribution in [0.4, 0.5) is 0 Å². The van der Waals surface area contributed by atoms with Crippen molar-refractivity contribution in [1.29, 1.82) is 0 Å². The molecule has 2 aliphatic rings. The minimum Gasteiger partial charge on any atom is -0.359 e. The number of nitrogens with zero attached hydrogens (tertiary/aromatic N) is 1. The second kappa shape index (κ2) is 6.25. The number of carbonyl (C=O) groups is 1. The summed E-state index contributed by atoms with van der Waals surface area (Å²) in [5.74, 6) is 0.521. The minimum atomic E-state index is 0.0994. The Morgan fingerprint density at radius 2 is 2.18 bits per heavy atom. The molecule has 1 saturated heterocycles. The van der Waals surface area contributed by atoms with Crippen LogP contribution < -0.4 is 0 Å². The molecular weight excluding hydrogens is 274 g/mol. The Balaban J connectivity index is 1.89. The number of hydrogen-bond donors (Lipinski definition) is 0. The van der Waals surface area contributed by atoms with Crippen molar-refractivity contribution in [3.8, 4) is 0 Å². The van der Waals surface area contributed by atoms with Gasteiger partial charge in [-0.15, -0.1) is 0 Å². The third kappa shape index (κ3) is 2.82. The van der Waals surface area contributed by atoms with E-state index < -0.39 is 0 Å². The van der Waals surface area contributed by atoms with Gasteiger partial charge in [0.1, 0.15) is 6.73 Å². The van der Waals surface area contributed by atoms with Gasteiger partial charge in [-0.25, -0.2) is 0 Å². The van der Waals surface area contributed by atoms with E-state index in [9.17, 15) is 4.79 Å². The molecule has 1 atom stereocenters. The Kier molecular flexibility index (Phi) is 4.34. The van der Waals surface area contributed by atoms with Gasteiger partial charge in [-0.1, -0.05) is 32.0 Å². The van der Waals surface area contributed by atoms with Gasteiger partial charge in [0.15, 0.2) is 0 Å². The van der Waals surface area contributed by atoms with Crippen LogP contribution in [0.5, 0.6) is 0 Å². The van der Waals surface area contributed by atoms with Gasteiger partial charge in [-0.05, 0) is 54.4 Å². The lowest BCUT2D eigenvalue weighted by molar-refractivity contribution is -0.128. The maximum Gasteiger partial charge on any atom is 0.249 e. The molecule has 0 spiro atoms. The van der Waals surface area contributed by atoms with Crippen LogP contribution in [0.3, 0.4) is 0 Å². The number of allylic oxidation sites excluding steroid dienone is 1. The molecule has 0 unspecified atom stereocenters. The van der Waals surface area contributed by atoms with Crippen LogP contribution in [-0.4, -0.2) is 30.2 Å². The highest BCUT2D eigenvalue weighted by Gasteiger charge is 2.31. The lowest BCUT2D eigenvalue weighted by atomic mass is 9.84. The Labute approximate surface area is 133 Å². The van der Waals surface area contributed by atoms with E-state index in [0.717, 1.165) is 19.3 Å². The number of rotatable bonds is 2. The Bertz CT molecular complexity index is 603. The first kappa shape index (κ1) is 15.3. The second-order valence-electron chi connectivity index (χ2n) is 6.75. The van der Waals surface area contributed by atoms with Gasteiger partial charge in [-0.3, -0.25) is 4.79 Å². The molecule has 0 bridgehead atoms.